The predicted molar refractivity (Wildman–Crippen MR) is 74.0 cm³/mol. The molecule has 2 aliphatic rings. The average Bonchev–Trinajstić information content (AvgIpc) is 2.92. The van der Waals surface area contributed by atoms with Gasteiger partial charge in [-0.1, -0.05) is 12.8 Å². The molecule has 0 spiro atoms. The molecule has 1 aromatic rings. The number of aryl methyl sites for hydroxylation is 2. The van der Waals surface area contributed by atoms with Gasteiger partial charge in [0.2, 0.25) is 0 Å². The fourth-order valence-electron chi connectivity index (χ4n) is 3.09. The smallest absolute Gasteiger partial charge is 0.110 e. The van der Waals surface area contributed by atoms with Crippen molar-refractivity contribution < 1.29 is 5.11 Å². The van der Waals surface area contributed by atoms with Gasteiger partial charge in [-0.05, 0) is 39.0 Å². The van der Waals surface area contributed by atoms with Gasteiger partial charge in [-0.25, -0.2) is 4.98 Å². The molecule has 0 saturated heterocycles. The van der Waals surface area contributed by atoms with Gasteiger partial charge in [0.25, 0.3) is 0 Å². The summed E-state index contributed by atoms with van der Waals surface area (Å²) >= 11 is 1.86. The number of aliphatic hydroxyl groups is 1. The van der Waals surface area contributed by atoms with Crippen LogP contribution in [0.5, 0.6) is 0 Å². The molecule has 0 amide bonds. The Labute approximate surface area is 113 Å². The van der Waals surface area contributed by atoms with Gasteiger partial charge in [0.05, 0.1) is 17.8 Å². The average molecular weight is 266 g/mol. The highest BCUT2D eigenvalue weighted by Crippen LogP contribution is 2.31. The van der Waals surface area contributed by atoms with E-state index in [0.29, 0.717) is 0 Å². The Balaban J connectivity index is 1.64. The lowest BCUT2D eigenvalue weighted by atomic mass is 9.92. The van der Waals surface area contributed by atoms with Crippen LogP contribution in [0.25, 0.3) is 0 Å². The number of aromatic nitrogens is 1. The number of hydrogen-bond acceptors (Lipinski definition) is 4. The van der Waals surface area contributed by atoms with Crippen LogP contribution in [0.3, 0.4) is 0 Å². The summed E-state index contributed by atoms with van der Waals surface area (Å²) in [6, 6.07) is 0.533. The van der Waals surface area contributed by atoms with Crippen molar-refractivity contribution in [3.05, 3.63) is 15.6 Å². The summed E-state index contributed by atoms with van der Waals surface area (Å²) in [5.74, 6) is 0. The van der Waals surface area contributed by atoms with Crippen LogP contribution < -0.4 is 5.32 Å². The Morgan fingerprint density at radius 1 is 1.28 bits per heavy atom. The van der Waals surface area contributed by atoms with Crippen LogP contribution in [0.4, 0.5) is 0 Å². The van der Waals surface area contributed by atoms with Gasteiger partial charge in [-0.2, -0.15) is 0 Å². The van der Waals surface area contributed by atoms with Crippen molar-refractivity contribution >= 4 is 11.3 Å². The first-order valence-corrected chi connectivity index (χ1v) is 7.98. The summed E-state index contributed by atoms with van der Waals surface area (Å²) in [7, 11) is 0. The number of nitrogens with zero attached hydrogens (tertiary/aromatic N) is 1. The summed E-state index contributed by atoms with van der Waals surface area (Å²) in [5, 5.41) is 14.8. The molecule has 3 nitrogen and oxygen atoms in total. The first-order chi connectivity index (χ1) is 8.74. The molecule has 2 N–H and O–H groups in total. The summed E-state index contributed by atoms with van der Waals surface area (Å²) < 4.78 is 0. The van der Waals surface area contributed by atoms with Gasteiger partial charge in [-0.15, -0.1) is 11.3 Å². The molecule has 0 aliphatic heterocycles. The lowest BCUT2D eigenvalue weighted by Gasteiger charge is -2.30. The molecule has 4 heteroatoms. The van der Waals surface area contributed by atoms with Crippen molar-refractivity contribution in [2.75, 3.05) is 0 Å². The van der Waals surface area contributed by atoms with E-state index in [0.717, 1.165) is 19.3 Å². The van der Waals surface area contributed by atoms with E-state index in [-0.39, 0.29) is 18.2 Å². The lowest BCUT2D eigenvalue weighted by molar-refractivity contribution is 0.0859. The maximum atomic E-state index is 10.0. The number of rotatable bonds is 3. The van der Waals surface area contributed by atoms with Crippen LogP contribution in [0.15, 0.2) is 0 Å². The fourth-order valence-corrected chi connectivity index (χ4v) is 4.26. The quantitative estimate of drug-likeness (QED) is 0.884. The molecule has 1 heterocycles. The van der Waals surface area contributed by atoms with E-state index >= 15 is 0 Å². The fraction of sp³-hybridized carbons (Fsp3) is 0.786. The van der Waals surface area contributed by atoms with Gasteiger partial charge in [0.1, 0.15) is 5.01 Å². The predicted octanol–water partition coefficient (Wildman–Crippen LogP) is 2.59. The molecule has 3 rings (SSSR count). The van der Waals surface area contributed by atoms with Gasteiger partial charge in [-0.3, -0.25) is 0 Å². The Hall–Kier alpha value is -0.450. The third-order valence-electron chi connectivity index (χ3n) is 4.18. The molecule has 3 atom stereocenters. The third-order valence-corrected chi connectivity index (χ3v) is 5.52. The summed E-state index contributed by atoms with van der Waals surface area (Å²) in [6.07, 6.45) is 7.91. The van der Waals surface area contributed by atoms with Crippen molar-refractivity contribution in [1.29, 1.82) is 0 Å². The molecule has 0 radical (unpaired) electrons. The maximum absolute atomic E-state index is 10.0. The second-order valence-corrected chi connectivity index (χ2v) is 6.74. The highest BCUT2D eigenvalue weighted by molar-refractivity contribution is 7.11. The van der Waals surface area contributed by atoms with E-state index in [1.54, 1.807) is 0 Å². The summed E-state index contributed by atoms with van der Waals surface area (Å²) in [6.45, 7) is 2.18. The number of hydrogen-bond donors (Lipinski definition) is 2. The van der Waals surface area contributed by atoms with E-state index in [2.05, 4.69) is 12.2 Å². The van der Waals surface area contributed by atoms with Crippen LogP contribution in [-0.2, 0) is 12.8 Å². The zero-order valence-corrected chi connectivity index (χ0v) is 11.8. The first-order valence-electron chi connectivity index (χ1n) is 7.16. The number of fused-ring (bicyclic) bond motifs is 1. The zero-order valence-electron chi connectivity index (χ0n) is 11.0. The Kier molecular flexibility index (Phi) is 3.68. The Morgan fingerprint density at radius 3 is 2.89 bits per heavy atom. The molecule has 2 aliphatic carbocycles. The maximum Gasteiger partial charge on any atom is 0.110 e. The van der Waals surface area contributed by atoms with E-state index in [4.69, 9.17) is 4.98 Å². The minimum atomic E-state index is -0.173. The highest BCUT2D eigenvalue weighted by Gasteiger charge is 2.26. The number of thiazole rings is 1. The Morgan fingerprint density at radius 2 is 2.11 bits per heavy atom. The molecular formula is C14H22N2OS. The van der Waals surface area contributed by atoms with Crippen molar-refractivity contribution in [3.63, 3.8) is 0 Å². The van der Waals surface area contributed by atoms with Crippen molar-refractivity contribution in [1.82, 2.24) is 10.3 Å². The standard InChI is InChI=1S/C14H22N2OS/c1-9(15-10-5-2-3-7-12(10)17)14-16-11-6-4-8-13(11)18-14/h9-10,12,15,17H,2-8H2,1H3. The van der Waals surface area contributed by atoms with Crippen LogP contribution in [0, 0.1) is 0 Å². The molecule has 100 valence electrons. The van der Waals surface area contributed by atoms with Crippen LogP contribution in [0.2, 0.25) is 0 Å². The van der Waals surface area contributed by atoms with Gasteiger partial charge < -0.3 is 10.4 Å². The van der Waals surface area contributed by atoms with Crippen LogP contribution >= 0.6 is 11.3 Å². The molecule has 0 bridgehead atoms. The van der Waals surface area contributed by atoms with E-state index in [1.807, 2.05) is 11.3 Å². The second-order valence-electron chi connectivity index (χ2n) is 5.62. The Bertz CT molecular complexity index is 396. The molecule has 0 aromatic carbocycles. The normalized spacial score (nSPS) is 29.2. The second kappa shape index (κ2) is 5.27. The first kappa shape index (κ1) is 12.6. The number of nitrogens with one attached hydrogen (secondary N) is 1. The molecule has 3 unspecified atom stereocenters. The van der Waals surface area contributed by atoms with Gasteiger partial charge in [0.15, 0.2) is 0 Å². The monoisotopic (exact) mass is 266 g/mol. The minimum Gasteiger partial charge on any atom is -0.392 e. The van der Waals surface area contributed by atoms with Crippen LogP contribution in [-0.4, -0.2) is 22.2 Å². The SMILES string of the molecule is CC(NC1CCCCC1O)c1nc2c(s1)CCC2. The van der Waals surface area contributed by atoms with E-state index in [9.17, 15) is 5.11 Å². The minimum absolute atomic E-state index is 0.173. The van der Waals surface area contributed by atoms with E-state index < -0.39 is 0 Å². The molecule has 1 saturated carbocycles. The van der Waals surface area contributed by atoms with E-state index in [1.165, 1.54) is 41.3 Å². The number of aliphatic hydroxyl groups excluding tert-OH is 1. The molecule has 18 heavy (non-hydrogen) atoms. The largest absolute Gasteiger partial charge is 0.392 e. The van der Waals surface area contributed by atoms with Gasteiger partial charge in [0, 0.05) is 10.9 Å². The molecule has 1 aromatic heterocycles. The summed E-state index contributed by atoms with van der Waals surface area (Å²) in [5.41, 5.74) is 1.33. The highest BCUT2D eigenvalue weighted by atomic mass is 32.1. The topological polar surface area (TPSA) is 45.1 Å². The molecule has 1 fully saturated rings. The zero-order chi connectivity index (χ0) is 12.5. The summed E-state index contributed by atoms with van der Waals surface area (Å²) in [4.78, 5) is 6.24. The van der Waals surface area contributed by atoms with Gasteiger partial charge >= 0.3 is 0 Å². The van der Waals surface area contributed by atoms with Crippen molar-refractivity contribution in [2.24, 2.45) is 0 Å². The lowest BCUT2D eigenvalue weighted by Crippen LogP contribution is -2.43. The third kappa shape index (κ3) is 2.46. The van der Waals surface area contributed by atoms with Crippen LogP contribution in [0.1, 0.15) is 60.6 Å². The van der Waals surface area contributed by atoms with Crippen molar-refractivity contribution in [2.45, 2.75) is 70.1 Å². The molecular weight excluding hydrogens is 244 g/mol. The van der Waals surface area contributed by atoms with Crippen molar-refractivity contribution in [3.8, 4) is 0 Å².